The maximum absolute atomic E-state index is 11.7. The molecule has 7 heteroatoms. The first-order valence-electron chi connectivity index (χ1n) is 5.17. The van der Waals surface area contributed by atoms with Gasteiger partial charge in [-0.3, -0.25) is 4.79 Å². The van der Waals surface area contributed by atoms with Gasteiger partial charge in [0.1, 0.15) is 23.7 Å². The van der Waals surface area contributed by atoms with E-state index in [0.717, 1.165) is 0 Å². The van der Waals surface area contributed by atoms with Crippen LogP contribution in [-0.2, 0) is 4.74 Å². The van der Waals surface area contributed by atoms with E-state index in [-0.39, 0.29) is 30.2 Å². The Hall–Kier alpha value is -1.89. The van der Waals surface area contributed by atoms with Gasteiger partial charge in [-0.15, -0.1) is 0 Å². The van der Waals surface area contributed by atoms with Crippen LogP contribution in [0.4, 0.5) is 8.78 Å². The van der Waals surface area contributed by atoms with Crippen molar-refractivity contribution in [2.45, 2.75) is 6.43 Å². The Bertz CT molecular complexity index is 392. The molecule has 0 atom stereocenters. The van der Waals surface area contributed by atoms with Gasteiger partial charge in [-0.25, -0.2) is 8.78 Å². The first-order valence-corrected chi connectivity index (χ1v) is 5.17. The third-order valence-corrected chi connectivity index (χ3v) is 2.02. The highest BCUT2D eigenvalue weighted by Gasteiger charge is 2.15. The van der Waals surface area contributed by atoms with Crippen molar-refractivity contribution in [3.63, 3.8) is 0 Å². The normalized spacial score (nSPS) is 10.6. The summed E-state index contributed by atoms with van der Waals surface area (Å²) in [6, 6.07) is 3.89. The molecular formula is C11H13F2NO4. The zero-order valence-corrected chi connectivity index (χ0v) is 9.40. The number of amides is 1. The van der Waals surface area contributed by atoms with Crippen molar-refractivity contribution >= 4 is 5.91 Å². The van der Waals surface area contributed by atoms with E-state index >= 15 is 0 Å². The van der Waals surface area contributed by atoms with Gasteiger partial charge in [0, 0.05) is 6.54 Å². The van der Waals surface area contributed by atoms with E-state index < -0.39 is 18.9 Å². The fourth-order valence-electron chi connectivity index (χ4n) is 1.26. The summed E-state index contributed by atoms with van der Waals surface area (Å²) in [6.45, 7) is -0.776. The number of halogens is 2. The Balaban J connectivity index is 2.41. The molecule has 3 N–H and O–H groups in total. The SMILES string of the molecule is O=C(NCCOCC(F)F)c1c(O)cccc1O. The van der Waals surface area contributed by atoms with Crippen LogP contribution in [0.25, 0.3) is 0 Å². The highest BCUT2D eigenvalue weighted by atomic mass is 19.3. The summed E-state index contributed by atoms with van der Waals surface area (Å²) >= 11 is 0. The van der Waals surface area contributed by atoms with E-state index in [1.807, 2.05) is 0 Å². The Morgan fingerprint density at radius 3 is 2.50 bits per heavy atom. The zero-order valence-electron chi connectivity index (χ0n) is 9.40. The van der Waals surface area contributed by atoms with Crippen LogP contribution in [0.1, 0.15) is 10.4 Å². The summed E-state index contributed by atoms with van der Waals surface area (Å²) in [5.41, 5.74) is -0.258. The fourth-order valence-corrected chi connectivity index (χ4v) is 1.26. The van der Waals surface area contributed by atoms with Gasteiger partial charge in [0.15, 0.2) is 0 Å². The number of ether oxygens (including phenoxy) is 1. The minimum Gasteiger partial charge on any atom is -0.507 e. The monoisotopic (exact) mass is 261 g/mol. The van der Waals surface area contributed by atoms with E-state index in [4.69, 9.17) is 0 Å². The predicted octanol–water partition coefficient (Wildman–Crippen LogP) is 1.11. The molecule has 0 fully saturated rings. The maximum atomic E-state index is 11.7. The van der Waals surface area contributed by atoms with Crippen molar-refractivity contribution in [1.82, 2.24) is 5.32 Å². The number of carbonyl (C=O) groups excluding carboxylic acids is 1. The molecule has 0 bridgehead atoms. The van der Waals surface area contributed by atoms with Crippen LogP contribution >= 0.6 is 0 Å². The van der Waals surface area contributed by atoms with Crippen molar-refractivity contribution in [1.29, 1.82) is 0 Å². The molecule has 1 aromatic carbocycles. The molecule has 0 saturated heterocycles. The molecule has 0 spiro atoms. The standard InChI is InChI=1S/C11H13F2NO4/c12-9(13)6-18-5-4-14-11(17)10-7(15)2-1-3-8(10)16/h1-3,9,15-16H,4-6H2,(H,14,17). The summed E-state index contributed by atoms with van der Waals surface area (Å²) in [6.07, 6.45) is -2.55. The van der Waals surface area contributed by atoms with Gasteiger partial charge in [0.05, 0.1) is 6.61 Å². The van der Waals surface area contributed by atoms with Crippen LogP contribution < -0.4 is 5.32 Å². The lowest BCUT2D eigenvalue weighted by Gasteiger charge is -2.08. The van der Waals surface area contributed by atoms with E-state index in [1.54, 1.807) is 0 Å². The van der Waals surface area contributed by atoms with Crippen molar-refractivity contribution in [3.8, 4) is 11.5 Å². The zero-order chi connectivity index (χ0) is 13.5. The lowest BCUT2D eigenvalue weighted by Crippen LogP contribution is -2.27. The highest BCUT2D eigenvalue weighted by Crippen LogP contribution is 2.25. The molecule has 100 valence electrons. The van der Waals surface area contributed by atoms with Crippen LogP contribution in [0.3, 0.4) is 0 Å². The number of phenolic OH excluding ortho intramolecular Hbond substituents is 2. The molecule has 0 aliphatic carbocycles. The topological polar surface area (TPSA) is 78.8 Å². The second-order valence-corrected chi connectivity index (χ2v) is 3.39. The number of hydrogen-bond donors (Lipinski definition) is 3. The van der Waals surface area contributed by atoms with Crippen LogP contribution in [0.15, 0.2) is 18.2 Å². The van der Waals surface area contributed by atoms with Gasteiger partial charge in [0.2, 0.25) is 0 Å². The molecule has 0 aliphatic heterocycles. The molecular weight excluding hydrogens is 248 g/mol. The summed E-state index contributed by atoms with van der Waals surface area (Å²) in [5.74, 6) is -1.42. The summed E-state index contributed by atoms with van der Waals surface area (Å²) in [7, 11) is 0. The fraction of sp³-hybridized carbons (Fsp3) is 0.364. The van der Waals surface area contributed by atoms with Gasteiger partial charge in [-0.1, -0.05) is 6.07 Å². The number of carbonyl (C=O) groups is 1. The third-order valence-electron chi connectivity index (χ3n) is 2.02. The molecule has 0 aromatic heterocycles. The molecule has 1 amide bonds. The number of phenols is 2. The number of alkyl halides is 2. The molecule has 18 heavy (non-hydrogen) atoms. The molecule has 1 rings (SSSR count). The number of aromatic hydroxyl groups is 2. The van der Waals surface area contributed by atoms with Crippen molar-refractivity contribution in [2.75, 3.05) is 19.8 Å². The minimum absolute atomic E-state index is 0.000667. The number of benzene rings is 1. The van der Waals surface area contributed by atoms with Gasteiger partial charge in [-0.05, 0) is 12.1 Å². The number of hydrogen-bond acceptors (Lipinski definition) is 4. The van der Waals surface area contributed by atoms with E-state index in [0.29, 0.717) is 0 Å². The predicted molar refractivity (Wildman–Crippen MR) is 58.9 cm³/mol. The molecule has 1 aromatic rings. The van der Waals surface area contributed by atoms with Crippen LogP contribution in [0.5, 0.6) is 11.5 Å². The van der Waals surface area contributed by atoms with E-state index in [2.05, 4.69) is 10.1 Å². The first-order chi connectivity index (χ1) is 8.52. The first kappa shape index (κ1) is 14.2. The molecule has 5 nitrogen and oxygen atoms in total. The van der Waals surface area contributed by atoms with Crippen molar-refractivity contribution < 1.29 is 28.5 Å². The third kappa shape index (κ3) is 4.17. The summed E-state index contributed by atoms with van der Waals surface area (Å²) in [5, 5.41) is 21.1. The largest absolute Gasteiger partial charge is 0.507 e. The Morgan fingerprint density at radius 1 is 1.33 bits per heavy atom. The smallest absolute Gasteiger partial charge is 0.261 e. The summed E-state index contributed by atoms with van der Waals surface area (Å²) in [4.78, 5) is 11.5. The average Bonchev–Trinajstić information content (AvgIpc) is 2.27. The van der Waals surface area contributed by atoms with Crippen LogP contribution in [0, 0.1) is 0 Å². The van der Waals surface area contributed by atoms with Crippen molar-refractivity contribution in [3.05, 3.63) is 23.8 Å². The van der Waals surface area contributed by atoms with E-state index in [1.165, 1.54) is 18.2 Å². The quantitative estimate of drug-likeness (QED) is 0.670. The second-order valence-electron chi connectivity index (χ2n) is 3.39. The molecule has 0 heterocycles. The number of rotatable bonds is 6. The van der Waals surface area contributed by atoms with Crippen LogP contribution in [-0.4, -0.2) is 42.3 Å². The van der Waals surface area contributed by atoms with Gasteiger partial charge < -0.3 is 20.3 Å². The van der Waals surface area contributed by atoms with Crippen LogP contribution in [0.2, 0.25) is 0 Å². The average molecular weight is 261 g/mol. The number of nitrogens with one attached hydrogen (secondary N) is 1. The van der Waals surface area contributed by atoms with E-state index in [9.17, 15) is 23.8 Å². The Labute approximate surface area is 102 Å². The highest BCUT2D eigenvalue weighted by molar-refractivity contribution is 5.99. The maximum Gasteiger partial charge on any atom is 0.261 e. The van der Waals surface area contributed by atoms with Gasteiger partial charge in [0.25, 0.3) is 12.3 Å². The molecule has 0 aliphatic rings. The molecule has 0 radical (unpaired) electrons. The Kier molecular flexibility index (Phi) is 5.31. The minimum atomic E-state index is -2.55. The summed E-state index contributed by atoms with van der Waals surface area (Å²) < 4.78 is 28.0. The van der Waals surface area contributed by atoms with Crippen molar-refractivity contribution in [2.24, 2.45) is 0 Å². The van der Waals surface area contributed by atoms with Gasteiger partial charge >= 0.3 is 0 Å². The lowest BCUT2D eigenvalue weighted by atomic mass is 10.1. The Morgan fingerprint density at radius 2 is 1.94 bits per heavy atom. The van der Waals surface area contributed by atoms with Gasteiger partial charge in [-0.2, -0.15) is 0 Å². The lowest BCUT2D eigenvalue weighted by molar-refractivity contribution is 0.0188. The molecule has 0 saturated carbocycles. The second kappa shape index (κ2) is 6.75. The molecule has 0 unspecified atom stereocenters.